The summed E-state index contributed by atoms with van der Waals surface area (Å²) in [5, 5.41) is 9.60. The monoisotopic (exact) mass is 553 g/mol. The number of nitrogens with one attached hydrogen (secondary N) is 3. The molecule has 0 aliphatic carbocycles. The number of hydrogen-bond acceptors (Lipinski definition) is 5. The molecule has 1 unspecified atom stereocenters. The second-order valence-electron chi connectivity index (χ2n) is 7.75. The van der Waals surface area contributed by atoms with E-state index < -0.39 is 0 Å². The molecule has 8 nitrogen and oxygen atoms in total. The predicted octanol–water partition coefficient (Wildman–Crippen LogP) is 1.72. The molecule has 1 atom stereocenters. The first kappa shape index (κ1) is 24.0. The van der Waals surface area contributed by atoms with Gasteiger partial charge in [-0.1, -0.05) is 12.1 Å². The van der Waals surface area contributed by atoms with Gasteiger partial charge in [0.15, 0.2) is 17.6 Å². The normalized spacial score (nSPS) is 18.8. The molecule has 1 aromatic carbocycles. The Labute approximate surface area is 204 Å². The van der Waals surface area contributed by atoms with E-state index in [0.29, 0.717) is 38.0 Å². The quantitative estimate of drug-likeness (QED) is 0.297. The Morgan fingerprint density at radius 3 is 2.78 bits per heavy atom. The van der Waals surface area contributed by atoms with E-state index in [9.17, 15) is 9.18 Å². The molecule has 3 N–H and O–H groups in total. The van der Waals surface area contributed by atoms with Crippen LogP contribution in [0.3, 0.4) is 0 Å². The van der Waals surface area contributed by atoms with Crippen molar-refractivity contribution in [2.75, 3.05) is 49.6 Å². The maximum atomic E-state index is 14.0. The van der Waals surface area contributed by atoms with Gasteiger partial charge in [-0.05, 0) is 36.2 Å². The molecule has 0 saturated carbocycles. The molecule has 1 amide bonds. The van der Waals surface area contributed by atoms with E-state index >= 15 is 0 Å². The fourth-order valence-electron chi connectivity index (χ4n) is 3.94. The van der Waals surface area contributed by atoms with Gasteiger partial charge in [0, 0.05) is 57.7 Å². The van der Waals surface area contributed by atoms with Crippen LogP contribution in [0.1, 0.15) is 12.0 Å². The summed E-state index contributed by atoms with van der Waals surface area (Å²) in [5.74, 6) is 0.883. The van der Waals surface area contributed by atoms with Crippen LogP contribution in [-0.4, -0.2) is 62.7 Å². The van der Waals surface area contributed by atoms with Gasteiger partial charge >= 0.3 is 0 Å². The molecular formula is C22H29FIN7O. The zero-order valence-corrected chi connectivity index (χ0v) is 20.4. The molecule has 2 aromatic rings. The van der Waals surface area contributed by atoms with Crippen LogP contribution in [0.4, 0.5) is 15.9 Å². The maximum Gasteiger partial charge on any atom is 0.239 e. The molecule has 172 valence electrons. The topological polar surface area (TPSA) is 84.9 Å². The highest BCUT2D eigenvalue weighted by Crippen LogP contribution is 2.21. The van der Waals surface area contributed by atoms with Gasteiger partial charge in [0.1, 0.15) is 0 Å². The maximum absolute atomic E-state index is 14.0. The van der Waals surface area contributed by atoms with Crippen molar-refractivity contribution < 1.29 is 9.18 Å². The fourth-order valence-corrected chi connectivity index (χ4v) is 3.94. The molecule has 1 aromatic heterocycles. The Morgan fingerprint density at radius 2 is 2.06 bits per heavy atom. The smallest absolute Gasteiger partial charge is 0.239 e. The van der Waals surface area contributed by atoms with Crippen molar-refractivity contribution in [3.8, 4) is 0 Å². The zero-order valence-electron chi connectivity index (χ0n) is 18.1. The molecule has 32 heavy (non-hydrogen) atoms. The first-order valence-corrected chi connectivity index (χ1v) is 10.6. The zero-order chi connectivity index (χ0) is 21.6. The number of carbonyl (C=O) groups excluding carboxylic acids is 1. The number of carbonyl (C=O) groups is 1. The summed E-state index contributed by atoms with van der Waals surface area (Å²) >= 11 is 0. The van der Waals surface area contributed by atoms with Gasteiger partial charge in [-0.15, -0.1) is 24.0 Å². The Bertz CT molecular complexity index is 940. The lowest BCUT2D eigenvalue weighted by molar-refractivity contribution is -0.120. The van der Waals surface area contributed by atoms with Crippen LogP contribution in [0.2, 0.25) is 0 Å². The van der Waals surface area contributed by atoms with E-state index in [4.69, 9.17) is 0 Å². The summed E-state index contributed by atoms with van der Waals surface area (Å²) < 4.78 is 14.0. The van der Waals surface area contributed by atoms with E-state index in [1.54, 1.807) is 19.3 Å². The Kier molecular flexibility index (Phi) is 8.48. The van der Waals surface area contributed by atoms with Crippen LogP contribution in [0.5, 0.6) is 0 Å². The number of piperazine rings is 1. The first-order chi connectivity index (χ1) is 15.1. The summed E-state index contributed by atoms with van der Waals surface area (Å²) in [5.41, 5.74) is 2.17. The number of nitrogens with zero attached hydrogens (tertiary/aromatic N) is 4. The molecule has 2 aliphatic rings. The summed E-state index contributed by atoms with van der Waals surface area (Å²) in [7, 11) is 1.74. The van der Waals surface area contributed by atoms with Crippen LogP contribution < -0.4 is 25.8 Å². The third kappa shape index (κ3) is 5.99. The number of pyridine rings is 1. The number of amides is 1. The number of rotatable bonds is 5. The number of aliphatic imine (C=N–C) groups is 1. The lowest BCUT2D eigenvalue weighted by Crippen LogP contribution is -2.47. The van der Waals surface area contributed by atoms with Gasteiger partial charge in [-0.25, -0.2) is 9.37 Å². The number of anilines is 2. The van der Waals surface area contributed by atoms with Crippen LogP contribution in [0.15, 0.2) is 47.6 Å². The molecule has 0 spiro atoms. The van der Waals surface area contributed by atoms with E-state index in [-0.39, 0.29) is 41.7 Å². The minimum absolute atomic E-state index is 0. The van der Waals surface area contributed by atoms with Crippen molar-refractivity contribution in [3.05, 3.63) is 54.0 Å². The Balaban J connectivity index is 0.00000289. The van der Waals surface area contributed by atoms with Gasteiger partial charge in [0.25, 0.3) is 0 Å². The largest absolute Gasteiger partial charge is 0.360 e. The Morgan fingerprint density at radius 1 is 1.25 bits per heavy atom. The number of benzene rings is 1. The van der Waals surface area contributed by atoms with Gasteiger partial charge in [-0.2, -0.15) is 0 Å². The van der Waals surface area contributed by atoms with Gasteiger partial charge in [-0.3, -0.25) is 9.79 Å². The highest BCUT2D eigenvalue weighted by atomic mass is 127. The van der Waals surface area contributed by atoms with Crippen LogP contribution in [0.25, 0.3) is 0 Å². The number of hydrogen-bond donors (Lipinski definition) is 3. The summed E-state index contributed by atoms with van der Waals surface area (Å²) in [6.45, 7) is 3.95. The molecule has 2 saturated heterocycles. The molecular weight excluding hydrogens is 524 g/mol. The molecule has 2 fully saturated rings. The van der Waals surface area contributed by atoms with Gasteiger partial charge in [0.2, 0.25) is 5.91 Å². The average Bonchev–Trinajstić information content (AvgIpc) is 3.25. The second kappa shape index (κ2) is 11.3. The van der Waals surface area contributed by atoms with E-state index in [0.717, 1.165) is 30.8 Å². The van der Waals surface area contributed by atoms with Crippen molar-refractivity contribution in [2.45, 2.75) is 19.0 Å². The van der Waals surface area contributed by atoms with Crippen molar-refractivity contribution in [3.63, 3.8) is 0 Å². The summed E-state index contributed by atoms with van der Waals surface area (Å²) in [6.07, 6.45) is 2.50. The molecule has 2 aliphatic heterocycles. The molecule has 3 heterocycles. The van der Waals surface area contributed by atoms with Crippen LogP contribution >= 0.6 is 24.0 Å². The highest BCUT2D eigenvalue weighted by molar-refractivity contribution is 14.0. The van der Waals surface area contributed by atoms with Crippen molar-refractivity contribution in [2.24, 2.45) is 4.99 Å². The fraction of sp³-hybridized carbons (Fsp3) is 0.409. The number of guanidine groups is 1. The van der Waals surface area contributed by atoms with Crippen molar-refractivity contribution in [1.29, 1.82) is 0 Å². The number of aromatic nitrogens is 1. The van der Waals surface area contributed by atoms with Crippen molar-refractivity contribution in [1.82, 2.24) is 20.9 Å². The van der Waals surface area contributed by atoms with E-state index in [1.807, 2.05) is 17.0 Å². The second-order valence-corrected chi connectivity index (χ2v) is 7.75. The standard InChI is InChI=1S/C22H28FN7O.HI/c1-24-22(28-17-8-11-30(14-17)21-19(23)3-2-9-26-21)27-13-16-4-6-18(7-5-16)29-12-10-25-20(31)15-29;/h2-7,9,17H,8,10-15H2,1H3,(H,25,31)(H2,24,27,28);1H. The van der Waals surface area contributed by atoms with Gasteiger partial charge in [0.05, 0.1) is 6.54 Å². The SMILES string of the molecule is CN=C(NCc1ccc(N2CCNC(=O)C2)cc1)NC1CCN(c2ncccc2F)C1.I. The van der Waals surface area contributed by atoms with Crippen LogP contribution in [-0.2, 0) is 11.3 Å². The molecule has 10 heteroatoms. The first-order valence-electron chi connectivity index (χ1n) is 10.6. The van der Waals surface area contributed by atoms with Gasteiger partial charge < -0.3 is 25.8 Å². The Hall–Kier alpha value is -2.63. The molecule has 0 bridgehead atoms. The lowest BCUT2D eigenvalue weighted by atomic mass is 10.2. The predicted molar refractivity (Wildman–Crippen MR) is 135 cm³/mol. The minimum Gasteiger partial charge on any atom is -0.360 e. The minimum atomic E-state index is -0.292. The number of halogens is 2. The summed E-state index contributed by atoms with van der Waals surface area (Å²) in [4.78, 5) is 24.1. The van der Waals surface area contributed by atoms with Crippen LogP contribution in [0, 0.1) is 5.82 Å². The van der Waals surface area contributed by atoms with Crippen molar-refractivity contribution >= 4 is 47.3 Å². The van der Waals surface area contributed by atoms with E-state index in [1.165, 1.54) is 6.07 Å². The summed E-state index contributed by atoms with van der Waals surface area (Å²) in [6, 6.07) is 11.4. The molecule has 0 radical (unpaired) electrons. The highest BCUT2D eigenvalue weighted by Gasteiger charge is 2.26. The molecule has 4 rings (SSSR count). The lowest BCUT2D eigenvalue weighted by Gasteiger charge is -2.28. The third-order valence-corrected chi connectivity index (χ3v) is 5.59. The van der Waals surface area contributed by atoms with E-state index in [2.05, 4.69) is 43.0 Å². The average molecular weight is 553 g/mol. The third-order valence-electron chi connectivity index (χ3n) is 5.59.